The van der Waals surface area contributed by atoms with E-state index >= 15 is 0 Å². The number of carbonyl (C=O) groups excluding carboxylic acids is 2. The molecule has 1 aromatic rings. The Morgan fingerprint density at radius 3 is 2.43 bits per heavy atom. The molecule has 0 fully saturated rings. The van der Waals surface area contributed by atoms with Crippen LogP contribution in [0.25, 0.3) is 0 Å². The number of rotatable bonds is 6. The van der Waals surface area contributed by atoms with Crippen LogP contribution in [-0.2, 0) is 15.1 Å². The molecule has 1 rings (SSSR count). The van der Waals surface area contributed by atoms with Crippen molar-refractivity contribution in [1.82, 2.24) is 10.6 Å². The Kier molecular flexibility index (Phi) is 8.20. The van der Waals surface area contributed by atoms with E-state index in [-0.39, 0.29) is 42.5 Å². The maximum absolute atomic E-state index is 13.3. The van der Waals surface area contributed by atoms with E-state index in [2.05, 4.69) is 10.6 Å². The number of nitrogens with one attached hydrogen (secondary N) is 2. The molecule has 5 nitrogen and oxygen atoms in total. The highest BCUT2D eigenvalue weighted by Gasteiger charge is 2.24. The molecule has 0 aliphatic carbocycles. The van der Waals surface area contributed by atoms with Crippen LogP contribution in [0, 0.1) is 11.7 Å². The molecule has 2 amide bonds. The largest absolute Gasteiger partial charge is 0.346 e. The van der Waals surface area contributed by atoms with Gasteiger partial charge in [0.1, 0.15) is 5.82 Å². The third kappa shape index (κ3) is 6.54. The van der Waals surface area contributed by atoms with Gasteiger partial charge in [-0.15, -0.1) is 12.4 Å². The normalized spacial score (nSPS) is 12.3. The van der Waals surface area contributed by atoms with Crippen molar-refractivity contribution in [2.45, 2.75) is 39.3 Å². The zero-order chi connectivity index (χ0) is 16.9. The smallest absolute Gasteiger partial charge is 0.240 e. The molecule has 0 aromatic heterocycles. The summed E-state index contributed by atoms with van der Waals surface area (Å²) in [6.45, 7) is 7.02. The topological polar surface area (TPSA) is 84.2 Å². The van der Waals surface area contributed by atoms with E-state index in [0.717, 1.165) is 0 Å². The summed E-state index contributed by atoms with van der Waals surface area (Å²) in [5.74, 6) is -1.10. The summed E-state index contributed by atoms with van der Waals surface area (Å²) in [7, 11) is 0. The van der Waals surface area contributed by atoms with Crippen molar-refractivity contribution < 1.29 is 14.0 Å². The van der Waals surface area contributed by atoms with Crippen LogP contribution < -0.4 is 16.4 Å². The molecule has 130 valence electrons. The second kappa shape index (κ2) is 8.84. The van der Waals surface area contributed by atoms with E-state index in [0.29, 0.717) is 5.56 Å². The first-order valence-corrected chi connectivity index (χ1v) is 7.24. The lowest BCUT2D eigenvalue weighted by molar-refractivity contribution is -0.128. The van der Waals surface area contributed by atoms with Crippen LogP contribution in [0.2, 0.25) is 0 Å². The van der Waals surface area contributed by atoms with Crippen molar-refractivity contribution in [3.63, 3.8) is 0 Å². The average molecular weight is 346 g/mol. The summed E-state index contributed by atoms with van der Waals surface area (Å²) in [6.07, 6.45) is 0. The van der Waals surface area contributed by atoms with Gasteiger partial charge in [-0.3, -0.25) is 9.59 Å². The lowest BCUT2D eigenvalue weighted by atomic mass is 9.94. The molecular formula is C16H25ClFN3O2. The predicted octanol–water partition coefficient (Wildman–Crippen LogP) is 1.70. The minimum atomic E-state index is -0.746. The second-order valence-electron chi connectivity index (χ2n) is 6.17. The van der Waals surface area contributed by atoms with Crippen LogP contribution in [0.3, 0.4) is 0 Å². The standard InChI is InChI=1S/C16H24FN3O2.ClH/c1-10(2)14(18)15(22)19-9-13(21)20-16(3,4)11-6-5-7-12(17)8-11;/h5-8,10,14H,9,18H2,1-4H3,(H,19,22)(H,20,21);1H/t14-;/m0./s1. The Morgan fingerprint density at radius 2 is 1.91 bits per heavy atom. The van der Waals surface area contributed by atoms with Crippen LogP contribution >= 0.6 is 12.4 Å². The van der Waals surface area contributed by atoms with Gasteiger partial charge in [-0.05, 0) is 37.5 Å². The van der Waals surface area contributed by atoms with Crippen molar-refractivity contribution in [2.24, 2.45) is 11.7 Å². The Hall–Kier alpha value is -1.66. The van der Waals surface area contributed by atoms with Gasteiger partial charge in [0, 0.05) is 0 Å². The van der Waals surface area contributed by atoms with E-state index in [1.807, 2.05) is 13.8 Å². The number of amides is 2. The highest BCUT2D eigenvalue weighted by molar-refractivity contribution is 5.87. The molecule has 7 heteroatoms. The van der Waals surface area contributed by atoms with Crippen LogP contribution in [0.5, 0.6) is 0 Å². The molecule has 0 aliphatic heterocycles. The predicted molar refractivity (Wildman–Crippen MR) is 90.6 cm³/mol. The lowest BCUT2D eigenvalue weighted by Crippen LogP contribution is -2.50. The number of carbonyl (C=O) groups is 2. The number of hydrogen-bond donors (Lipinski definition) is 3. The van der Waals surface area contributed by atoms with Gasteiger partial charge in [0.05, 0.1) is 18.1 Å². The van der Waals surface area contributed by atoms with E-state index in [1.165, 1.54) is 12.1 Å². The van der Waals surface area contributed by atoms with Gasteiger partial charge in [0.2, 0.25) is 11.8 Å². The fraction of sp³-hybridized carbons (Fsp3) is 0.500. The molecule has 23 heavy (non-hydrogen) atoms. The Morgan fingerprint density at radius 1 is 1.30 bits per heavy atom. The third-order valence-electron chi connectivity index (χ3n) is 3.44. The maximum Gasteiger partial charge on any atom is 0.240 e. The van der Waals surface area contributed by atoms with Crippen LogP contribution in [0.15, 0.2) is 24.3 Å². The van der Waals surface area contributed by atoms with Crippen LogP contribution in [-0.4, -0.2) is 24.4 Å². The zero-order valence-corrected chi connectivity index (χ0v) is 14.7. The molecule has 1 atom stereocenters. The first kappa shape index (κ1) is 21.3. The SMILES string of the molecule is CC(C)[C@H](N)C(=O)NCC(=O)NC(C)(C)c1cccc(F)c1.Cl. The summed E-state index contributed by atoms with van der Waals surface area (Å²) in [4.78, 5) is 23.7. The van der Waals surface area contributed by atoms with Gasteiger partial charge >= 0.3 is 0 Å². The number of halogens is 2. The zero-order valence-electron chi connectivity index (χ0n) is 13.9. The Balaban J connectivity index is 0.00000484. The van der Waals surface area contributed by atoms with Crippen molar-refractivity contribution in [3.05, 3.63) is 35.6 Å². The monoisotopic (exact) mass is 345 g/mol. The summed E-state index contributed by atoms with van der Waals surface area (Å²) in [6, 6.07) is 5.38. The second-order valence-corrected chi connectivity index (χ2v) is 6.17. The van der Waals surface area contributed by atoms with E-state index in [1.54, 1.807) is 26.0 Å². The molecule has 0 unspecified atom stereocenters. The van der Waals surface area contributed by atoms with Gasteiger partial charge < -0.3 is 16.4 Å². The molecule has 0 spiro atoms. The number of nitrogens with two attached hydrogens (primary N) is 1. The number of benzene rings is 1. The van der Waals surface area contributed by atoms with Crippen molar-refractivity contribution in [2.75, 3.05) is 6.54 Å². The highest BCUT2D eigenvalue weighted by atomic mass is 35.5. The van der Waals surface area contributed by atoms with Crippen molar-refractivity contribution in [1.29, 1.82) is 0 Å². The fourth-order valence-electron chi connectivity index (χ4n) is 1.93. The molecule has 0 bridgehead atoms. The molecule has 0 radical (unpaired) electrons. The van der Waals surface area contributed by atoms with Gasteiger partial charge in [-0.25, -0.2) is 4.39 Å². The minimum Gasteiger partial charge on any atom is -0.346 e. The summed E-state index contributed by atoms with van der Waals surface area (Å²) in [5, 5.41) is 5.26. The fourth-order valence-corrected chi connectivity index (χ4v) is 1.93. The van der Waals surface area contributed by atoms with Crippen molar-refractivity contribution >= 4 is 24.2 Å². The molecule has 0 heterocycles. The van der Waals surface area contributed by atoms with Gasteiger partial charge in [-0.2, -0.15) is 0 Å². The molecule has 0 saturated carbocycles. The molecule has 4 N–H and O–H groups in total. The maximum atomic E-state index is 13.3. The average Bonchev–Trinajstić information content (AvgIpc) is 2.43. The van der Waals surface area contributed by atoms with Crippen molar-refractivity contribution in [3.8, 4) is 0 Å². The molecule has 0 saturated heterocycles. The highest BCUT2D eigenvalue weighted by Crippen LogP contribution is 2.20. The minimum absolute atomic E-state index is 0. The molecule has 1 aromatic carbocycles. The summed E-state index contributed by atoms with van der Waals surface area (Å²) < 4.78 is 13.3. The first-order chi connectivity index (χ1) is 10.1. The van der Waals surface area contributed by atoms with Crippen LogP contribution in [0.1, 0.15) is 33.3 Å². The van der Waals surface area contributed by atoms with Crippen LogP contribution in [0.4, 0.5) is 4.39 Å². The quantitative estimate of drug-likeness (QED) is 0.733. The summed E-state index contributed by atoms with van der Waals surface area (Å²) >= 11 is 0. The molecular weight excluding hydrogens is 321 g/mol. The van der Waals surface area contributed by atoms with E-state index < -0.39 is 11.6 Å². The Bertz CT molecular complexity index is 550. The third-order valence-corrected chi connectivity index (χ3v) is 3.44. The van der Waals surface area contributed by atoms with Gasteiger partial charge in [-0.1, -0.05) is 26.0 Å². The van der Waals surface area contributed by atoms with Gasteiger partial charge in [0.25, 0.3) is 0 Å². The first-order valence-electron chi connectivity index (χ1n) is 7.24. The lowest BCUT2D eigenvalue weighted by Gasteiger charge is -2.27. The molecule has 0 aliphatic rings. The van der Waals surface area contributed by atoms with E-state index in [9.17, 15) is 14.0 Å². The van der Waals surface area contributed by atoms with E-state index in [4.69, 9.17) is 5.73 Å². The number of hydrogen-bond acceptors (Lipinski definition) is 3. The summed E-state index contributed by atoms with van der Waals surface area (Å²) in [5.41, 5.74) is 5.59. The Labute approximate surface area is 142 Å². The van der Waals surface area contributed by atoms with Gasteiger partial charge in [0.15, 0.2) is 0 Å².